The van der Waals surface area contributed by atoms with Crippen molar-refractivity contribution in [1.82, 2.24) is 15.3 Å². The fourth-order valence-corrected chi connectivity index (χ4v) is 3.05. The van der Waals surface area contributed by atoms with Gasteiger partial charge in [-0.3, -0.25) is 9.59 Å². The molecule has 128 valence electrons. The number of aromatic nitrogens is 2. The van der Waals surface area contributed by atoms with Gasteiger partial charge < -0.3 is 10.6 Å². The van der Waals surface area contributed by atoms with Crippen molar-refractivity contribution in [2.24, 2.45) is 5.92 Å². The lowest BCUT2D eigenvalue weighted by Crippen LogP contribution is -2.41. The first-order chi connectivity index (χ1) is 12.2. The maximum atomic E-state index is 12.5. The fourth-order valence-electron chi connectivity index (χ4n) is 3.05. The normalized spacial score (nSPS) is 19.2. The van der Waals surface area contributed by atoms with Crippen LogP contribution in [0.1, 0.15) is 19.3 Å². The van der Waals surface area contributed by atoms with Crippen LogP contribution in [-0.4, -0.2) is 27.8 Å². The summed E-state index contributed by atoms with van der Waals surface area (Å²) in [6.07, 6.45) is 6.87. The summed E-state index contributed by atoms with van der Waals surface area (Å²) in [7, 11) is 0. The molecule has 0 unspecified atom stereocenters. The molecule has 3 rings (SSSR count). The zero-order valence-electron chi connectivity index (χ0n) is 13.8. The van der Waals surface area contributed by atoms with Crippen LogP contribution in [0.15, 0.2) is 55.4 Å². The van der Waals surface area contributed by atoms with Gasteiger partial charge in [-0.15, -0.1) is 0 Å². The number of carbonyl (C=O) groups is 2. The summed E-state index contributed by atoms with van der Waals surface area (Å²) in [5, 5.41) is 5.67. The second-order valence-corrected chi connectivity index (χ2v) is 6.01. The second kappa shape index (κ2) is 7.70. The van der Waals surface area contributed by atoms with E-state index in [-0.39, 0.29) is 23.8 Å². The lowest BCUT2D eigenvalue weighted by Gasteiger charge is -2.19. The molecule has 6 heteroatoms. The van der Waals surface area contributed by atoms with Crippen LogP contribution >= 0.6 is 0 Å². The summed E-state index contributed by atoms with van der Waals surface area (Å²) < 4.78 is 0. The Morgan fingerprint density at radius 1 is 1.12 bits per heavy atom. The first kappa shape index (κ1) is 16.8. The largest absolute Gasteiger partial charge is 0.349 e. The first-order valence-electron chi connectivity index (χ1n) is 8.28. The van der Waals surface area contributed by atoms with Crippen LogP contribution in [0.2, 0.25) is 0 Å². The minimum Gasteiger partial charge on any atom is -0.349 e. The topological polar surface area (TPSA) is 84.0 Å². The quantitative estimate of drug-likeness (QED) is 0.822. The van der Waals surface area contributed by atoms with Crippen molar-refractivity contribution >= 4 is 17.5 Å². The van der Waals surface area contributed by atoms with Gasteiger partial charge in [0.15, 0.2) is 5.82 Å². The zero-order chi connectivity index (χ0) is 17.6. The van der Waals surface area contributed by atoms with Crippen molar-refractivity contribution in [3.05, 3.63) is 55.4 Å². The fraction of sp³-hybridized carbons (Fsp3) is 0.263. The van der Waals surface area contributed by atoms with Crippen molar-refractivity contribution in [2.45, 2.75) is 25.3 Å². The van der Waals surface area contributed by atoms with Gasteiger partial charge in [-0.1, -0.05) is 43.3 Å². The molecule has 1 aromatic carbocycles. The van der Waals surface area contributed by atoms with Crippen molar-refractivity contribution in [2.75, 3.05) is 5.32 Å². The highest BCUT2D eigenvalue weighted by atomic mass is 16.2. The third-order valence-corrected chi connectivity index (χ3v) is 4.32. The van der Waals surface area contributed by atoms with Gasteiger partial charge in [-0.25, -0.2) is 9.97 Å². The van der Waals surface area contributed by atoms with E-state index in [1.54, 1.807) is 12.4 Å². The monoisotopic (exact) mass is 336 g/mol. The maximum absolute atomic E-state index is 12.5. The lowest BCUT2D eigenvalue weighted by atomic mass is 10.0. The molecule has 1 fully saturated rings. The molecule has 0 spiro atoms. The standard InChI is InChI=1S/C19H20N4O2/c1-2-17(24)23-16-10-6-9-15(16)19(25)22-14-11-20-18(21-12-14)13-7-4-3-5-8-13/h2-5,7-8,11-12,15-16H,1,6,9-10H2,(H,22,25)(H,23,24)/t15-,16-/m1/s1. The van der Waals surface area contributed by atoms with E-state index in [1.165, 1.54) is 6.08 Å². The molecule has 2 aromatic rings. The van der Waals surface area contributed by atoms with Gasteiger partial charge in [0.25, 0.3) is 0 Å². The third kappa shape index (κ3) is 4.09. The lowest BCUT2D eigenvalue weighted by molar-refractivity contribution is -0.121. The number of hydrogen-bond donors (Lipinski definition) is 2. The Morgan fingerprint density at radius 2 is 1.84 bits per heavy atom. The SMILES string of the molecule is C=CC(=O)N[C@@H]1CCC[C@H]1C(=O)Nc1cnc(-c2ccccc2)nc1. The zero-order valence-corrected chi connectivity index (χ0v) is 13.8. The molecule has 1 aliphatic carbocycles. The van der Waals surface area contributed by atoms with Crippen LogP contribution in [-0.2, 0) is 9.59 Å². The summed E-state index contributed by atoms with van der Waals surface area (Å²) in [5.41, 5.74) is 1.47. The first-order valence-corrected chi connectivity index (χ1v) is 8.28. The molecule has 1 saturated carbocycles. The van der Waals surface area contributed by atoms with Crippen LogP contribution in [0.3, 0.4) is 0 Å². The van der Waals surface area contributed by atoms with Gasteiger partial charge in [-0.05, 0) is 18.9 Å². The molecule has 25 heavy (non-hydrogen) atoms. The van der Waals surface area contributed by atoms with E-state index in [9.17, 15) is 9.59 Å². The molecule has 0 aliphatic heterocycles. The van der Waals surface area contributed by atoms with E-state index in [2.05, 4.69) is 27.2 Å². The van der Waals surface area contributed by atoms with Crippen molar-refractivity contribution < 1.29 is 9.59 Å². The highest BCUT2D eigenvalue weighted by Crippen LogP contribution is 2.27. The predicted octanol–water partition coefficient (Wildman–Crippen LogP) is 2.55. The summed E-state index contributed by atoms with van der Waals surface area (Å²) in [4.78, 5) is 32.6. The summed E-state index contributed by atoms with van der Waals surface area (Å²) in [6, 6.07) is 9.48. The third-order valence-electron chi connectivity index (χ3n) is 4.32. The molecule has 1 heterocycles. The molecule has 6 nitrogen and oxygen atoms in total. The predicted molar refractivity (Wildman–Crippen MR) is 95.6 cm³/mol. The summed E-state index contributed by atoms with van der Waals surface area (Å²) in [6.45, 7) is 3.44. The van der Waals surface area contributed by atoms with E-state index in [0.29, 0.717) is 11.5 Å². The minimum absolute atomic E-state index is 0.122. The summed E-state index contributed by atoms with van der Waals surface area (Å²) in [5.74, 6) is -0.0172. The average molecular weight is 336 g/mol. The van der Waals surface area contributed by atoms with E-state index in [1.807, 2.05) is 30.3 Å². The number of hydrogen-bond acceptors (Lipinski definition) is 4. The molecule has 2 amide bonds. The van der Waals surface area contributed by atoms with E-state index in [0.717, 1.165) is 24.8 Å². The van der Waals surface area contributed by atoms with Crippen molar-refractivity contribution in [3.8, 4) is 11.4 Å². The van der Waals surface area contributed by atoms with Crippen LogP contribution < -0.4 is 10.6 Å². The van der Waals surface area contributed by atoms with Gasteiger partial charge in [0, 0.05) is 11.6 Å². The number of rotatable bonds is 5. The van der Waals surface area contributed by atoms with Crippen molar-refractivity contribution in [3.63, 3.8) is 0 Å². The smallest absolute Gasteiger partial charge is 0.243 e. The molecule has 1 aromatic heterocycles. The van der Waals surface area contributed by atoms with Crippen LogP contribution in [0.4, 0.5) is 5.69 Å². The maximum Gasteiger partial charge on any atom is 0.243 e. The van der Waals surface area contributed by atoms with Crippen molar-refractivity contribution in [1.29, 1.82) is 0 Å². The minimum atomic E-state index is -0.252. The van der Waals surface area contributed by atoms with Crippen LogP contribution in [0.25, 0.3) is 11.4 Å². The molecule has 0 radical (unpaired) electrons. The van der Waals surface area contributed by atoms with Gasteiger partial charge in [0.1, 0.15) is 0 Å². The Morgan fingerprint density at radius 3 is 2.52 bits per heavy atom. The van der Waals surface area contributed by atoms with Gasteiger partial charge in [0.2, 0.25) is 11.8 Å². The van der Waals surface area contributed by atoms with E-state index < -0.39 is 0 Å². The number of anilines is 1. The average Bonchev–Trinajstić information content (AvgIpc) is 3.11. The van der Waals surface area contributed by atoms with Crippen LogP contribution in [0, 0.1) is 5.92 Å². The van der Waals surface area contributed by atoms with Gasteiger partial charge >= 0.3 is 0 Å². The molecule has 0 saturated heterocycles. The second-order valence-electron chi connectivity index (χ2n) is 6.01. The molecule has 2 N–H and O–H groups in total. The number of benzene rings is 1. The Bertz CT molecular complexity index is 759. The molecule has 1 aliphatic rings. The summed E-state index contributed by atoms with van der Waals surface area (Å²) >= 11 is 0. The Hall–Kier alpha value is -3.02. The number of nitrogens with one attached hydrogen (secondary N) is 2. The Labute approximate surface area is 146 Å². The van der Waals surface area contributed by atoms with E-state index >= 15 is 0 Å². The highest BCUT2D eigenvalue weighted by molar-refractivity contribution is 5.94. The van der Waals surface area contributed by atoms with Gasteiger partial charge in [0.05, 0.1) is 24.0 Å². The number of amides is 2. The molecule has 0 bridgehead atoms. The molecule has 2 atom stereocenters. The number of nitrogens with zero attached hydrogens (tertiary/aromatic N) is 2. The van der Waals surface area contributed by atoms with Gasteiger partial charge in [-0.2, -0.15) is 0 Å². The van der Waals surface area contributed by atoms with E-state index in [4.69, 9.17) is 0 Å². The molecular weight excluding hydrogens is 316 g/mol. The highest BCUT2D eigenvalue weighted by Gasteiger charge is 2.33. The Balaban J connectivity index is 1.64. The number of carbonyl (C=O) groups excluding carboxylic acids is 2. The molecular formula is C19H20N4O2. The Kier molecular flexibility index (Phi) is 5.18. The van der Waals surface area contributed by atoms with Crippen LogP contribution in [0.5, 0.6) is 0 Å².